The number of hydrogen-bond acceptors (Lipinski definition) is 6. The second kappa shape index (κ2) is 7.14. The number of ether oxygens (including phenoxy) is 1. The molecule has 0 aliphatic rings. The molecule has 0 unspecified atom stereocenters. The molecule has 0 spiro atoms. The average Bonchev–Trinajstić information content (AvgIpc) is 3.08. The van der Waals surface area contributed by atoms with Gasteiger partial charge in [-0.15, -0.1) is 10.2 Å². The lowest BCUT2D eigenvalue weighted by Crippen LogP contribution is -2.08. The Labute approximate surface area is 143 Å². The number of anilines is 1. The van der Waals surface area contributed by atoms with E-state index in [1.165, 1.54) is 7.11 Å². The zero-order valence-electron chi connectivity index (χ0n) is 12.8. The zero-order chi connectivity index (χ0) is 16.9. The number of benzene rings is 2. The zero-order valence-corrected chi connectivity index (χ0v) is 13.6. The van der Waals surface area contributed by atoms with E-state index in [1.54, 1.807) is 30.3 Å². The van der Waals surface area contributed by atoms with E-state index >= 15 is 0 Å². The Morgan fingerprint density at radius 1 is 1.17 bits per heavy atom. The minimum atomic E-state index is -0.416. The van der Waals surface area contributed by atoms with Crippen LogP contribution in [0.3, 0.4) is 0 Å². The van der Waals surface area contributed by atoms with E-state index in [1.807, 2.05) is 18.2 Å². The highest BCUT2D eigenvalue weighted by Crippen LogP contribution is 2.26. The first kappa shape index (κ1) is 16.0. The van der Waals surface area contributed by atoms with Crippen LogP contribution in [0.5, 0.6) is 0 Å². The number of nitrogens with one attached hydrogen (secondary N) is 1. The highest BCUT2D eigenvalue weighted by Gasteiger charge is 2.14. The molecule has 0 bridgehead atoms. The Morgan fingerprint density at radius 3 is 2.71 bits per heavy atom. The fraction of sp³-hybridized carbons (Fsp3) is 0.118. The molecule has 1 aromatic heterocycles. The van der Waals surface area contributed by atoms with E-state index in [0.29, 0.717) is 33.6 Å². The van der Waals surface area contributed by atoms with Crippen molar-refractivity contribution in [2.45, 2.75) is 6.54 Å². The monoisotopic (exact) mass is 343 g/mol. The number of nitrogens with zero attached hydrogens (tertiary/aromatic N) is 2. The molecule has 0 aliphatic heterocycles. The molecule has 6 nitrogen and oxygen atoms in total. The lowest BCUT2D eigenvalue weighted by molar-refractivity contribution is 0.0602. The molecular formula is C17H14ClN3O3. The molecule has 24 heavy (non-hydrogen) atoms. The molecule has 0 saturated heterocycles. The van der Waals surface area contributed by atoms with Gasteiger partial charge in [-0.3, -0.25) is 0 Å². The largest absolute Gasteiger partial charge is 0.465 e. The molecule has 2 aromatic carbocycles. The quantitative estimate of drug-likeness (QED) is 0.710. The van der Waals surface area contributed by atoms with Gasteiger partial charge >= 0.3 is 5.97 Å². The third-order valence-electron chi connectivity index (χ3n) is 3.33. The van der Waals surface area contributed by atoms with E-state index in [4.69, 9.17) is 20.8 Å². The number of esters is 1. The van der Waals surface area contributed by atoms with Gasteiger partial charge in [-0.1, -0.05) is 35.9 Å². The Hall–Kier alpha value is -2.86. The van der Waals surface area contributed by atoms with Crippen molar-refractivity contribution in [2.75, 3.05) is 12.4 Å². The molecule has 0 atom stereocenters. The van der Waals surface area contributed by atoms with E-state index < -0.39 is 5.97 Å². The molecule has 0 amide bonds. The standard InChI is InChI=1S/C17H14ClN3O3/c1-23-17(22)12-7-3-5-9-14(12)19-10-15-20-21-16(24-15)11-6-2-4-8-13(11)18/h2-9,19H,10H2,1H3. The van der Waals surface area contributed by atoms with Crippen LogP contribution in [0.4, 0.5) is 5.69 Å². The van der Waals surface area contributed by atoms with Crippen LogP contribution in [-0.2, 0) is 11.3 Å². The molecule has 122 valence electrons. The lowest BCUT2D eigenvalue weighted by Gasteiger charge is -2.08. The second-order valence-electron chi connectivity index (χ2n) is 4.87. The van der Waals surface area contributed by atoms with Crippen molar-refractivity contribution in [3.8, 4) is 11.5 Å². The Bertz CT molecular complexity index is 864. The van der Waals surface area contributed by atoms with Crippen LogP contribution in [0, 0.1) is 0 Å². The summed E-state index contributed by atoms with van der Waals surface area (Å²) in [4.78, 5) is 11.7. The van der Waals surface area contributed by atoms with Crippen LogP contribution < -0.4 is 5.32 Å². The topological polar surface area (TPSA) is 77.2 Å². The first-order chi connectivity index (χ1) is 11.7. The first-order valence-corrected chi connectivity index (χ1v) is 7.55. The number of carbonyl (C=O) groups is 1. The predicted octanol–water partition coefficient (Wildman–Crippen LogP) is 3.79. The third kappa shape index (κ3) is 3.38. The summed E-state index contributed by atoms with van der Waals surface area (Å²) in [6, 6.07) is 14.3. The summed E-state index contributed by atoms with van der Waals surface area (Å²) >= 11 is 6.12. The second-order valence-corrected chi connectivity index (χ2v) is 5.28. The van der Waals surface area contributed by atoms with Crippen LogP contribution in [0.15, 0.2) is 52.9 Å². The molecule has 0 fully saturated rings. The molecule has 1 N–H and O–H groups in total. The van der Waals surface area contributed by atoms with E-state index in [0.717, 1.165) is 0 Å². The fourth-order valence-electron chi connectivity index (χ4n) is 2.16. The first-order valence-electron chi connectivity index (χ1n) is 7.17. The molecule has 1 heterocycles. The van der Waals surface area contributed by atoms with Gasteiger partial charge in [0.15, 0.2) is 0 Å². The minimum Gasteiger partial charge on any atom is -0.465 e. The van der Waals surface area contributed by atoms with Crippen LogP contribution in [-0.4, -0.2) is 23.3 Å². The van der Waals surface area contributed by atoms with Crippen molar-refractivity contribution in [1.29, 1.82) is 0 Å². The van der Waals surface area contributed by atoms with Crippen molar-refractivity contribution >= 4 is 23.3 Å². The Morgan fingerprint density at radius 2 is 1.92 bits per heavy atom. The SMILES string of the molecule is COC(=O)c1ccccc1NCc1nnc(-c2ccccc2Cl)o1. The van der Waals surface area contributed by atoms with Crippen LogP contribution >= 0.6 is 11.6 Å². The summed E-state index contributed by atoms with van der Waals surface area (Å²) in [5.74, 6) is 0.309. The van der Waals surface area contributed by atoms with Crippen molar-refractivity contribution in [2.24, 2.45) is 0 Å². The Balaban J connectivity index is 1.75. The molecule has 3 aromatic rings. The molecular weight excluding hydrogens is 330 g/mol. The van der Waals surface area contributed by atoms with Gasteiger partial charge in [-0.25, -0.2) is 4.79 Å². The van der Waals surface area contributed by atoms with Gasteiger partial charge in [-0.05, 0) is 24.3 Å². The van der Waals surface area contributed by atoms with Crippen LogP contribution in [0.2, 0.25) is 5.02 Å². The maximum atomic E-state index is 11.7. The van der Waals surface area contributed by atoms with Crippen molar-refractivity contribution in [3.05, 3.63) is 65.0 Å². The highest BCUT2D eigenvalue weighted by molar-refractivity contribution is 6.33. The summed E-state index contributed by atoms with van der Waals surface area (Å²) < 4.78 is 10.4. The van der Waals surface area contributed by atoms with Gasteiger partial charge in [0.05, 0.1) is 29.8 Å². The van der Waals surface area contributed by atoms with E-state index in [2.05, 4.69) is 15.5 Å². The van der Waals surface area contributed by atoms with Crippen molar-refractivity contribution < 1.29 is 13.9 Å². The average molecular weight is 344 g/mol. The maximum absolute atomic E-state index is 11.7. The molecule has 0 aliphatic carbocycles. The lowest BCUT2D eigenvalue weighted by atomic mass is 10.2. The van der Waals surface area contributed by atoms with Crippen molar-refractivity contribution in [3.63, 3.8) is 0 Å². The van der Waals surface area contributed by atoms with E-state index in [9.17, 15) is 4.79 Å². The minimum absolute atomic E-state index is 0.269. The summed E-state index contributed by atoms with van der Waals surface area (Å²) in [6.45, 7) is 0.269. The summed E-state index contributed by atoms with van der Waals surface area (Å²) in [5, 5.41) is 11.6. The highest BCUT2D eigenvalue weighted by atomic mass is 35.5. The number of methoxy groups -OCH3 is 1. The van der Waals surface area contributed by atoms with Gasteiger partial charge in [-0.2, -0.15) is 0 Å². The number of para-hydroxylation sites is 1. The number of halogens is 1. The molecule has 3 rings (SSSR count). The summed E-state index contributed by atoms with van der Waals surface area (Å²) in [6.07, 6.45) is 0. The normalized spacial score (nSPS) is 10.4. The number of aromatic nitrogens is 2. The van der Waals surface area contributed by atoms with Gasteiger partial charge in [0, 0.05) is 5.69 Å². The number of carbonyl (C=O) groups excluding carboxylic acids is 1. The molecule has 0 radical (unpaired) electrons. The van der Waals surface area contributed by atoms with Crippen LogP contribution in [0.1, 0.15) is 16.2 Å². The van der Waals surface area contributed by atoms with Gasteiger partial charge in [0.1, 0.15) is 0 Å². The summed E-state index contributed by atoms with van der Waals surface area (Å²) in [5.41, 5.74) is 1.74. The fourth-order valence-corrected chi connectivity index (χ4v) is 2.38. The summed E-state index contributed by atoms with van der Waals surface area (Å²) in [7, 11) is 1.34. The Kier molecular flexibility index (Phi) is 4.77. The smallest absolute Gasteiger partial charge is 0.339 e. The number of hydrogen-bond donors (Lipinski definition) is 1. The van der Waals surface area contributed by atoms with Gasteiger partial charge < -0.3 is 14.5 Å². The maximum Gasteiger partial charge on any atom is 0.339 e. The predicted molar refractivity (Wildman–Crippen MR) is 89.9 cm³/mol. The van der Waals surface area contributed by atoms with Gasteiger partial charge in [0.2, 0.25) is 11.8 Å². The van der Waals surface area contributed by atoms with E-state index in [-0.39, 0.29) is 6.54 Å². The van der Waals surface area contributed by atoms with Crippen molar-refractivity contribution in [1.82, 2.24) is 10.2 Å². The third-order valence-corrected chi connectivity index (χ3v) is 3.66. The number of rotatable bonds is 5. The molecule has 7 heteroatoms. The van der Waals surface area contributed by atoms with Crippen LogP contribution in [0.25, 0.3) is 11.5 Å². The molecule has 0 saturated carbocycles. The van der Waals surface area contributed by atoms with Gasteiger partial charge in [0.25, 0.3) is 0 Å².